The number of hydrogen-bond acceptors (Lipinski definition) is 5. The molecule has 9 heteroatoms. The van der Waals surface area contributed by atoms with Crippen LogP contribution in [0, 0.1) is 0 Å². The van der Waals surface area contributed by atoms with E-state index in [0.29, 0.717) is 11.4 Å². The average molecular weight is 434 g/mol. The Kier molecular flexibility index (Phi) is 7.89. The average Bonchev–Trinajstić information content (AvgIpc) is 2.66. The molecule has 154 valence electrons. The number of anilines is 1. The van der Waals surface area contributed by atoms with Gasteiger partial charge in [0.1, 0.15) is 5.75 Å². The van der Waals surface area contributed by atoms with Crippen LogP contribution in [0.25, 0.3) is 6.08 Å². The fraction of sp³-hybridized carbons (Fsp3) is 0.200. The van der Waals surface area contributed by atoms with E-state index in [2.05, 4.69) is 15.4 Å². The molecule has 2 aromatic carbocycles. The van der Waals surface area contributed by atoms with Crippen LogP contribution < -0.4 is 20.1 Å². The number of sulfonamides is 1. The van der Waals surface area contributed by atoms with E-state index in [0.717, 1.165) is 5.56 Å². The number of amides is 1. The molecule has 2 rings (SSSR count). The van der Waals surface area contributed by atoms with Crippen LogP contribution in [0.3, 0.4) is 0 Å². The van der Waals surface area contributed by atoms with Gasteiger partial charge in [0.2, 0.25) is 15.9 Å². The summed E-state index contributed by atoms with van der Waals surface area (Å²) in [6.45, 7) is 3.49. The van der Waals surface area contributed by atoms with Gasteiger partial charge in [0.25, 0.3) is 0 Å². The molecule has 3 N–H and O–H groups in total. The van der Waals surface area contributed by atoms with Crippen LogP contribution in [-0.4, -0.2) is 32.6 Å². The van der Waals surface area contributed by atoms with E-state index in [1.165, 1.54) is 18.2 Å². The number of methoxy groups -OCH3 is 1. The number of ether oxygens (including phenoxy) is 1. The lowest BCUT2D eigenvalue weighted by molar-refractivity contribution is -0.115. The van der Waals surface area contributed by atoms with Crippen LogP contribution in [0.1, 0.15) is 19.4 Å². The van der Waals surface area contributed by atoms with Crippen LogP contribution in [0.5, 0.6) is 5.75 Å². The zero-order valence-electron chi connectivity index (χ0n) is 16.3. The fourth-order valence-corrected chi connectivity index (χ4v) is 3.85. The molecule has 0 aliphatic rings. The SMILES string of the molecule is COc1ccccc1/C=C/C(=O)NC(=S)Nc1ccc(S(=O)(=O)NC(C)C)cc1. The summed E-state index contributed by atoms with van der Waals surface area (Å²) in [5, 5.41) is 5.46. The van der Waals surface area contributed by atoms with Gasteiger partial charge in [-0.1, -0.05) is 18.2 Å². The van der Waals surface area contributed by atoms with Gasteiger partial charge in [0.05, 0.1) is 12.0 Å². The summed E-state index contributed by atoms with van der Waals surface area (Å²) < 4.78 is 32.0. The molecular weight excluding hydrogens is 410 g/mol. The molecule has 0 spiro atoms. The largest absolute Gasteiger partial charge is 0.496 e. The molecule has 2 aromatic rings. The van der Waals surface area contributed by atoms with E-state index in [-0.39, 0.29) is 16.0 Å². The van der Waals surface area contributed by atoms with Crippen LogP contribution in [0.4, 0.5) is 5.69 Å². The number of para-hydroxylation sites is 1. The molecule has 0 saturated carbocycles. The van der Waals surface area contributed by atoms with Crippen molar-refractivity contribution in [3.8, 4) is 5.75 Å². The second-order valence-electron chi connectivity index (χ2n) is 6.32. The maximum Gasteiger partial charge on any atom is 0.250 e. The van der Waals surface area contributed by atoms with Crippen molar-refractivity contribution in [1.29, 1.82) is 0 Å². The molecule has 0 unspecified atom stereocenters. The van der Waals surface area contributed by atoms with Crippen molar-refractivity contribution in [3.05, 3.63) is 60.2 Å². The molecule has 0 bridgehead atoms. The normalized spacial score (nSPS) is 11.4. The maximum absolute atomic E-state index is 12.1. The monoisotopic (exact) mass is 433 g/mol. The van der Waals surface area contributed by atoms with Crippen molar-refractivity contribution in [2.75, 3.05) is 12.4 Å². The van der Waals surface area contributed by atoms with Gasteiger partial charge >= 0.3 is 0 Å². The molecule has 1 amide bonds. The lowest BCUT2D eigenvalue weighted by Crippen LogP contribution is -2.33. The third-order valence-electron chi connectivity index (χ3n) is 3.60. The highest BCUT2D eigenvalue weighted by atomic mass is 32.2. The number of carbonyl (C=O) groups is 1. The second-order valence-corrected chi connectivity index (χ2v) is 8.44. The molecule has 0 saturated heterocycles. The van der Waals surface area contributed by atoms with Gasteiger partial charge < -0.3 is 10.1 Å². The Labute approximate surface area is 176 Å². The molecule has 0 aliphatic carbocycles. The quantitative estimate of drug-likeness (QED) is 0.459. The molecule has 0 radical (unpaired) electrons. The highest BCUT2D eigenvalue weighted by molar-refractivity contribution is 7.89. The van der Waals surface area contributed by atoms with Crippen molar-refractivity contribution < 1.29 is 17.9 Å². The molecular formula is C20H23N3O4S2. The smallest absolute Gasteiger partial charge is 0.250 e. The number of nitrogens with one attached hydrogen (secondary N) is 3. The summed E-state index contributed by atoms with van der Waals surface area (Å²) in [6, 6.07) is 13.1. The Balaban J connectivity index is 1.95. The fourth-order valence-electron chi connectivity index (χ4n) is 2.38. The van der Waals surface area contributed by atoms with Crippen molar-refractivity contribution in [3.63, 3.8) is 0 Å². The molecule has 7 nitrogen and oxygen atoms in total. The minimum atomic E-state index is -3.56. The van der Waals surface area contributed by atoms with Gasteiger partial charge in [-0.25, -0.2) is 13.1 Å². The number of hydrogen-bond donors (Lipinski definition) is 3. The highest BCUT2D eigenvalue weighted by Gasteiger charge is 2.15. The first-order valence-electron chi connectivity index (χ1n) is 8.76. The minimum absolute atomic E-state index is 0.0931. The van der Waals surface area contributed by atoms with E-state index < -0.39 is 15.9 Å². The highest BCUT2D eigenvalue weighted by Crippen LogP contribution is 2.18. The predicted octanol–water partition coefficient (Wildman–Crippen LogP) is 2.91. The van der Waals surface area contributed by atoms with Crippen molar-refractivity contribution >= 4 is 45.0 Å². The van der Waals surface area contributed by atoms with Gasteiger partial charge in [0, 0.05) is 23.4 Å². The van der Waals surface area contributed by atoms with Crippen molar-refractivity contribution in [1.82, 2.24) is 10.0 Å². The summed E-state index contributed by atoms with van der Waals surface area (Å²) >= 11 is 5.12. The third kappa shape index (κ3) is 6.97. The number of thiocarbonyl (C=S) groups is 1. The van der Waals surface area contributed by atoms with E-state index >= 15 is 0 Å². The first kappa shape index (κ1) is 22.5. The first-order chi connectivity index (χ1) is 13.7. The van der Waals surface area contributed by atoms with E-state index in [1.807, 2.05) is 18.2 Å². The third-order valence-corrected chi connectivity index (χ3v) is 5.48. The molecule has 29 heavy (non-hydrogen) atoms. The second kappa shape index (κ2) is 10.1. The summed E-state index contributed by atoms with van der Waals surface area (Å²) in [7, 11) is -2.01. The van der Waals surface area contributed by atoms with E-state index in [9.17, 15) is 13.2 Å². The summed E-state index contributed by atoms with van der Waals surface area (Å²) in [6.07, 6.45) is 2.97. The minimum Gasteiger partial charge on any atom is -0.496 e. The number of benzene rings is 2. The standard InChI is InChI=1S/C20H23N3O4S2/c1-14(2)23-29(25,26)17-11-9-16(10-12-17)21-20(28)22-19(24)13-8-15-6-4-5-7-18(15)27-3/h4-14,23H,1-3H3,(H2,21,22,24,28)/b13-8+. The zero-order chi connectivity index (χ0) is 21.4. The lowest BCUT2D eigenvalue weighted by Gasteiger charge is -2.11. The predicted molar refractivity (Wildman–Crippen MR) is 118 cm³/mol. The van der Waals surface area contributed by atoms with Crippen LogP contribution in [0.2, 0.25) is 0 Å². The molecule has 0 fully saturated rings. The van der Waals surface area contributed by atoms with Gasteiger partial charge in [0.15, 0.2) is 5.11 Å². The Morgan fingerprint density at radius 1 is 1.10 bits per heavy atom. The van der Waals surface area contributed by atoms with Crippen LogP contribution in [0.15, 0.2) is 59.5 Å². The van der Waals surface area contributed by atoms with Crippen molar-refractivity contribution in [2.24, 2.45) is 0 Å². The van der Waals surface area contributed by atoms with Crippen LogP contribution >= 0.6 is 12.2 Å². The van der Waals surface area contributed by atoms with Gasteiger partial charge in [-0.2, -0.15) is 0 Å². The molecule has 0 aromatic heterocycles. The Bertz CT molecular complexity index is 1000. The summed E-state index contributed by atoms with van der Waals surface area (Å²) in [5.74, 6) is 0.244. The Morgan fingerprint density at radius 2 is 1.76 bits per heavy atom. The molecule has 0 atom stereocenters. The number of carbonyl (C=O) groups excluding carboxylic acids is 1. The summed E-state index contributed by atoms with van der Waals surface area (Å²) in [4.78, 5) is 12.2. The van der Waals surface area contributed by atoms with Gasteiger partial charge in [-0.3, -0.25) is 10.1 Å². The lowest BCUT2D eigenvalue weighted by atomic mass is 10.2. The molecule has 0 heterocycles. The number of rotatable bonds is 7. The van der Waals surface area contributed by atoms with Gasteiger partial charge in [-0.15, -0.1) is 0 Å². The van der Waals surface area contributed by atoms with E-state index in [1.54, 1.807) is 45.2 Å². The summed E-state index contributed by atoms with van der Waals surface area (Å²) in [5.41, 5.74) is 1.31. The zero-order valence-corrected chi connectivity index (χ0v) is 17.9. The Morgan fingerprint density at radius 3 is 2.38 bits per heavy atom. The van der Waals surface area contributed by atoms with Crippen molar-refractivity contribution in [2.45, 2.75) is 24.8 Å². The van der Waals surface area contributed by atoms with Crippen LogP contribution in [-0.2, 0) is 14.8 Å². The first-order valence-corrected chi connectivity index (χ1v) is 10.7. The van der Waals surface area contributed by atoms with Gasteiger partial charge in [-0.05, 0) is 62.5 Å². The Hall–Kier alpha value is -2.75. The topological polar surface area (TPSA) is 96.5 Å². The van der Waals surface area contributed by atoms with E-state index in [4.69, 9.17) is 17.0 Å². The molecule has 0 aliphatic heterocycles. The maximum atomic E-state index is 12.1.